The van der Waals surface area contributed by atoms with Crippen LogP contribution >= 0.6 is 27.7 Å². The third-order valence-corrected chi connectivity index (χ3v) is 5.91. The molecule has 1 fully saturated rings. The van der Waals surface area contributed by atoms with E-state index in [1.807, 2.05) is 0 Å². The minimum Gasteiger partial charge on any atom is -0.302 e. The van der Waals surface area contributed by atoms with Crippen LogP contribution in [0.4, 0.5) is 0 Å². The average molecular weight is 312 g/mol. The Labute approximate surface area is 116 Å². The van der Waals surface area contributed by atoms with Gasteiger partial charge in [-0.15, -0.1) is 11.8 Å². The van der Waals surface area contributed by atoms with Crippen LogP contribution in [0.5, 0.6) is 0 Å². The summed E-state index contributed by atoms with van der Waals surface area (Å²) in [5, 5.41) is 0.777. The van der Waals surface area contributed by atoms with Crippen molar-refractivity contribution in [2.45, 2.75) is 34.2 Å². The fourth-order valence-corrected chi connectivity index (χ4v) is 4.50. The molecular formula is C14H18BrNS. The molecule has 0 N–H and O–H groups in total. The number of piperidine rings is 1. The number of rotatable bonds is 2. The minimum atomic E-state index is 0.757. The molecule has 0 aromatic heterocycles. The Kier molecular flexibility index (Phi) is 3.78. The predicted octanol–water partition coefficient (Wildman–Crippen LogP) is 3.56. The summed E-state index contributed by atoms with van der Waals surface area (Å²) in [5.41, 5.74) is 1.55. The lowest BCUT2D eigenvalue weighted by atomic mass is 10.1. The van der Waals surface area contributed by atoms with E-state index in [9.17, 15) is 0 Å². The molecule has 1 unspecified atom stereocenters. The summed E-state index contributed by atoms with van der Waals surface area (Å²) in [5.74, 6) is 0. The lowest BCUT2D eigenvalue weighted by Crippen LogP contribution is -2.38. The SMILES string of the molecule is BrC1CCN(CC2Cc3ccccc3S2)CC1. The molecule has 1 nitrogen and oxygen atoms in total. The molecule has 1 atom stereocenters. The molecule has 1 aromatic carbocycles. The second kappa shape index (κ2) is 5.33. The Hall–Kier alpha value is 0.01000. The molecule has 17 heavy (non-hydrogen) atoms. The van der Waals surface area contributed by atoms with Crippen molar-refractivity contribution in [2.24, 2.45) is 0 Å². The van der Waals surface area contributed by atoms with Gasteiger partial charge < -0.3 is 4.90 Å². The maximum atomic E-state index is 3.72. The Balaban J connectivity index is 1.55. The fraction of sp³-hybridized carbons (Fsp3) is 0.571. The largest absolute Gasteiger partial charge is 0.302 e. The number of likely N-dealkylation sites (tertiary alicyclic amines) is 1. The quantitative estimate of drug-likeness (QED) is 0.768. The molecule has 2 aliphatic rings. The first kappa shape index (κ1) is 12.1. The maximum Gasteiger partial charge on any atom is 0.0263 e. The summed E-state index contributed by atoms with van der Waals surface area (Å²) in [7, 11) is 0. The number of hydrogen-bond donors (Lipinski definition) is 0. The van der Waals surface area contributed by atoms with Crippen molar-refractivity contribution >= 4 is 27.7 Å². The van der Waals surface area contributed by atoms with Crippen molar-refractivity contribution < 1.29 is 0 Å². The Morgan fingerprint density at radius 2 is 2.00 bits per heavy atom. The van der Waals surface area contributed by atoms with Crippen LogP contribution in [0.3, 0.4) is 0 Å². The first-order chi connectivity index (χ1) is 8.31. The zero-order valence-corrected chi connectivity index (χ0v) is 12.3. The molecule has 3 rings (SSSR count). The van der Waals surface area contributed by atoms with Crippen molar-refractivity contribution in [1.82, 2.24) is 4.90 Å². The predicted molar refractivity (Wildman–Crippen MR) is 78.2 cm³/mol. The number of nitrogens with zero attached hydrogens (tertiary/aromatic N) is 1. The highest BCUT2D eigenvalue weighted by Gasteiger charge is 2.25. The fourth-order valence-electron chi connectivity index (χ4n) is 2.73. The summed E-state index contributed by atoms with van der Waals surface area (Å²) < 4.78 is 0. The van der Waals surface area contributed by atoms with Crippen LogP contribution in [0.15, 0.2) is 29.2 Å². The molecule has 0 saturated carbocycles. The third-order valence-electron chi connectivity index (χ3n) is 3.69. The van der Waals surface area contributed by atoms with E-state index in [2.05, 4.69) is 56.9 Å². The summed E-state index contributed by atoms with van der Waals surface area (Å²) >= 11 is 5.80. The monoisotopic (exact) mass is 311 g/mol. The molecule has 0 bridgehead atoms. The molecule has 0 radical (unpaired) electrons. The molecule has 1 saturated heterocycles. The van der Waals surface area contributed by atoms with E-state index in [0.29, 0.717) is 0 Å². The summed E-state index contributed by atoms with van der Waals surface area (Å²) in [6, 6.07) is 8.88. The Morgan fingerprint density at radius 1 is 1.24 bits per heavy atom. The van der Waals surface area contributed by atoms with E-state index in [1.54, 1.807) is 5.56 Å². The van der Waals surface area contributed by atoms with Gasteiger partial charge in [-0.25, -0.2) is 0 Å². The molecule has 2 aliphatic heterocycles. The molecule has 0 amide bonds. The van der Waals surface area contributed by atoms with Crippen molar-refractivity contribution in [2.75, 3.05) is 19.6 Å². The summed E-state index contributed by atoms with van der Waals surface area (Å²) in [6.07, 6.45) is 3.88. The molecule has 92 valence electrons. The standard InChI is InChI=1S/C14H18BrNS/c15-12-5-7-16(8-6-12)10-13-9-11-3-1-2-4-14(11)17-13/h1-4,12-13H,5-10H2. The van der Waals surface area contributed by atoms with Gasteiger partial charge in [0.05, 0.1) is 0 Å². The van der Waals surface area contributed by atoms with Crippen LogP contribution < -0.4 is 0 Å². The lowest BCUT2D eigenvalue weighted by Gasteiger charge is -2.31. The topological polar surface area (TPSA) is 3.24 Å². The number of fused-ring (bicyclic) bond motifs is 1. The van der Waals surface area contributed by atoms with E-state index in [0.717, 1.165) is 10.1 Å². The smallest absolute Gasteiger partial charge is 0.0263 e. The van der Waals surface area contributed by atoms with E-state index in [1.165, 1.54) is 43.8 Å². The van der Waals surface area contributed by atoms with Crippen LogP contribution in [0.25, 0.3) is 0 Å². The highest BCUT2D eigenvalue weighted by molar-refractivity contribution is 9.09. The number of benzene rings is 1. The Morgan fingerprint density at radius 3 is 2.76 bits per heavy atom. The van der Waals surface area contributed by atoms with Gasteiger partial charge in [0.2, 0.25) is 0 Å². The maximum absolute atomic E-state index is 3.72. The van der Waals surface area contributed by atoms with Gasteiger partial charge in [-0.2, -0.15) is 0 Å². The van der Waals surface area contributed by atoms with Gasteiger partial charge in [0, 0.05) is 21.5 Å². The van der Waals surface area contributed by atoms with Crippen molar-refractivity contribution in [3.05, 3.63) is 29.8 Å². The lowest BCUT2D eigenvalue weighted by molar-refractivity contribution is 0.235. The van der Waals surface area contributed by atoms with Crippen molar-refractivity contribution in [3.8, 4) is 0 Å². The molecule has 1 aromatic rings. The van der Waals surface area contributed by atoms with Gasteiger partial charge in [0.15, 0.2) is 0 Å². The van der Waals surface area contributed by atoms with E-state index >= 15 is 0 Å². The van der Waals surface area contributed by atoms with Crippen molar-refractivity contribution in [3.63, 3.8) is 0 Å². The Bertz CT molecular complexity index is 363. The van der Waals surface area contributed by atoms with E-state index in [-0.39, 0.29) is 0 Å². The van der Waals surface area contributed by atoms with Crippen LogP contribution in [-0.4, -0.2) is 34.6 Å². The van der Waals surface area contributed by atoms with Crippen molar-refractivity contribution in [1.29, 1.82) is 0 Å². The highest BCUT2D eigenvalue weighted by atomic mass is 79.9. The van der Waals surface area contributed by atoms with Gasteiger partial charge >= 0.3 is 0 Å². The first-order valence-corrected chi connectivity index (χ1v) is 8.22. The highest BCUT2D eigenvalue weighted by Crippen LogP contribution is 2.37. The first-order valence-electron chi connectivity index (χ1n) is 6.42. The van der Waals surface area contributed by atoms with Crippen LogP contribution in [0.2, 0.25) is 0 Å². The summed E-state index contributed by atoms with van der Waals surface area (Å²) in [6.45, 7) is 3.80. The van der Waals surface area contributed by atoms with Crippen LogP contribution in [-0.2, 0) is 6.42 Å². The number of hydrogen-bond acceptors (Lipinski definition) is 2. The third kappa shape index (κ3) is 2.88. The van der Waals surface area contributed by atoms with Crippen LogP contribution in [0.1, 0.15) is 18.4 Å². The number of thioether (sulfide) groups is 1. The second-order valence-electron chi connectivity index (χ2n) is 5.03. The molecule has 3 heteroatoms. The molecule has 0 aliphatic carbocycles. The van der Waals surface area contributed by atoms with Gasteiger partial charge in [0.1, 0.15) is 0 Å². The summed E-state index contributed by atoms with van der Waals surface area (Å²) in [4.78, 5) is 4.90. The van der Waals surface area contributed by atoms with Gasteiger partial charge in [-0.3, -0.25) is 0 Å². The molecular weight excluding hydrogens is 294 g/mol. The average Bonchev–Trinajstić information content (AvgIpc) is 2.74. The zero-order chi connectivity index (χ0) is 11.7. The normalized spacial score (nSPS) is 26.1. The van der Waals surface area contributed by atoms with Gasteiger partial charge in [-0.1, -0.05) is 34.1 Å². The molecule has 0 spiro atoms. The second-order valence-corrected chi connectivity index (χ2v) is 7.66. The minimum absolute atomic E-state index is 0.757. The molecule has 2 heterocycles. The van der Waals surface area contributed by atoms with E-state index < -0.39 is 0 Å². The zero-order valence-electron chi connectivity index (χ0n) is 9.94. The van der Waals surface area contributed by atoms with Gasteiger partial charge in [0.25, 0.3) is 0 Å². The van der Waals surface area contributed by atoms with Crippen LogP contribution in [0, 0.1) is 0 Å². The number of halogens is 1. The van der Waals surface area contributed by atoms with Gasteiger partial charge in [-0.05, 0) is 44.0 Å². The van der Waals surface area contributed by atoms with E-state index in [4.69, 9.17) is 0 Å². The number of alkyl halides is 1.